The number of primary sulfonamides is 1. The molecule has 1 unspecified atom stereocenters. The number of hydrogen-bond acceptors (Lipinski definition) is 6. The number of benzene rings is 2. The van der Waals surface area contributed by atoms with Gasteiger partial charge in [0.1, 0.15) is 23.1 Å². The summed E-state index contributed by atoms with van der Waals surface area (Å²) in [6.07, 6.45) is 4.95. The SMILES string of the molecule is CCCCCCOc1ccc(F)cc1OCCNC(C)Cc1ccc(OC)c(S(N)(=O)=O)c1. The van der Waals surface area contributed by atoms with Crippen molar-refractivity contribution in [1.29, 1.82) is 0 Å². The minimum atomic E-state index is -3.88. The van der Waals surface area contributed by atoms with Crippen LogP contribution in [0.4, 0.5) is 4.39 Å². The molecule has 2 aromatic rings. The average molecular weight is 483 g/mol. The van der Waals surface area contributed by atoms with Crippen LogP contribution < -0.4 is 24.7 Å². The third-order valence-corrected chi connectivity index (χ3v) is 6.02. The van der Waals surface area contributed by atoms with E-state index in [4.69, 9.17) is 19.3 Å². The number of hydrogen-bond donors (Lipinski definition) is 2. The zero-order valence-corrected chi connectivity index (χ0v) is 20.4. The lowest BCUT2D eigenvalue weighted by Gasteiger charge is -2.17. The minimum absolute atomic E-state index is 0.0358. The summed E-state index contributed by atoms with van der Waals surface area (Å²) in [4.78, 5) is -0.0358. The lowest BCUT2D eigenvalue weighted by molar-refractivity contribution is 0.259. The summed E-state index contributed by atoms with van der Waals surface area (Å²) in [5.41, 5.74) is 0.810. The van der Waals surface area contributed by atoms with E-state index in [2.05, 4.69) is 12.2 Å². The van der Waals surface area contributed by atoms with Gasteiger partial charge in [-0.05, 0) is 49.6 Å². The van der Waals surface area contributed by atoms with Gasteiger partial charge in [0.2, 0.25) is 10.0 Å². The van der Waals surface area contributed by atoms with Crippen molar-refractivity contribution in [3.05, 3.63) is 47.8 Å². The Kier molecular flexibility index (Phi) is 10.9. The molecule has 7 nitrogen and oxygen atoms in total. The molecular formula is C24H35FN2O5S. The van der Waals surface area contributed by atoms with Crippen LogP contribution >= 0.6 is 0 Å². The predicted molar refractivity (Wildman–Crippen MR) is 127 cm³/mol. The van der Waals surface area contributed by atoms with E-state index < -0.39 is 10.0 Å². The lowest BCUT2D eigenvalue weighted by atomic mass is 10.1. The van der Waals surface area contributed by atoms with Gasteiger partial charge in [0, 0.05) is 18.7 Å². The van der Waals surface area contributed by atoms with Gasteiger partial charge < -0.3 is 19.5 Å². The van der Waals surface area contributed by atoms with Crippen LogP contribution in [0, 0.1) is 5.82 Å². The van der Waals surface area contributed by atoms with Crippen LogP contribution in [0.15, 0.2) is 41.3 Å². The number of ether oxygens (including phenoxy) is 3. The third kappa shape index (κ3) is 9.19. The zero-order valence-electron chi connectivity index (χ0n) is 19.6. The summed E-state index contributed by atoms with van der Waals surface area (Å²) in [6, 6.07) is 9.25. The Bertz CT molecular complexity index is 985. The van der Waals surface area contributed by atoms with Crippen molar-refractivity contribution in [2.75, 3.05) is 26.9 Å². The Hall–Kier alpha value is -2.36. The first-order chi connectivity index (χ1) is 15.7. The van der Waals surface area contributed by atoms with E-state index in [0.717, 1.165) is 24.8 Å². The second-order valence-electron chi connectivity index (χ2n) is 7.94. The number of halogens is 1. The van der Waals surface area contributed by atoms with Crippen LogP contribution in [-0.4, -0.2) is 41.3 Å². The second kappa shape index (κ2) is 13.4. The fourth-order valence-electron chi connectivity index (χ4n) is 3.39. The van der Waals surface area contributed by atoms with Gasteiger partial charge in [0.15, 0.2) is 11.5 Å². The molecule has 0 saturated carbocycles. The van der Waals surface area contributed by atoms with Gasteiger partial charge in [-0.2, -0.15) is 0 Å². The first kappa shape index (κ1) is 26.9. The molecule has 0 heterocycles. The van der Waals surface area contributed by atoms with Crippen LogP contribution in [-0.2, 0) is 16.4 Å². The molecule has 0 aliphatic rings. The highest BCUT2D eigenvalue weighted by molar-refractivity contribution is 7.89. The minimum Gasteiger partial charge on any atom is -0.495 e. The molecule has 2 rings (SSSR count). The molecule has 0 radical (unpaired) electrons. The van der Waals surface area contributed by atoms with E-state index in [1.54, 1.807) is 18.2 Å². The van der Waals surface area contributed by atoms with Crippen molar-refractivity contribution in [2.45, 2.75) is 56.9 Å². The van der Waals surface area contributed by atoms with E-state index in [-0.39, 0.29) is 22.5 Å². The molecule has 0 saturated heterocycles. The van der Waals surface area contributed by atoms with E-state index in [1.807, 2.05) is 6.92 Å². The largest absolute Gasteiger partial charge is 0.495 e. The maximum Gasteiger partial charge on any atom is 0.241 e. The summed E-state index contributed by atoms with van der Waals surface area (Å²) >= 11 is 0. The summed E-state index contributed by atoms with van der Waals surface area (Å²) in [5, 5.41) is 8.60. The summed E-state index contributed by atoms with van der Waals surface area (Å²) < 4.78 is 53.9. The van der Waals surface area contributed by atoms with Crippen molar-refractivity contribution in [3.63, 3.8) is 0 Å². The van der Waals surface area contributed by atoms with E-state index in [9.17, 15) is 12.8 Å². The smallest absolute Gasteiger partial charge is 0.241 e. The summed E-state index contributed by atoms with van der Waals surface area (Å²) in [7, 11) is -2.48. The Balaban J connectivity index is 1.84. The monoisotopic (exact) mass is 482 g/mol. The topological polar surface area (TPSA) is 99.9 Å². The maximum atomic E-state index is 13.7. The molecule has 0 aliphatic carbocycles. The van der Waals surface area contributed by atoms with Crippen LogP contribution in [0.25, 0.3) is 0 Å². The van der Waals surface area contributed by atoms with Gasteiger partial charge in [-0.25, -0.2) is 17.9 Å². The molecule has 3 N–H and O–H groups in total. The molecule has 0 spiro atoms. The first-order valence-electron chi connectivity index (χ1n) is 11.2. The maximum absolute atomic E-state index is 13.7. The molecule has 0 aliphatic heterocycles. The number of nitrogens with one attached hydrogen (secondary N) is 1. The highest BCUT2D eigenvalue weighted by Gasteiger charge is 2.16. The Morgan fingerprint density at radius 2 is 1.73 bits per heavy atom. The Morgan fingerprint density at radius 3 is 2.42 bits per heavy atom. The molecule has 0 bridgehead atoms. The summed E-state index contributed by atoms with van der Waals surface area (Å²) in [5.74, 6) is 0.756. The quantitative estimate of drug-likeness (QED) is 0.372. The highest BCUT2D eigenvalue weighted by atomic mass is 32.2. The van der Waals surface area contributed by atoms with Crippen molar-refractivity contribution < 1.29 is 27.0 Å². The number of sulfonamides is 1. The molecule has 1 atom stereocenters. The van der Waals surface area contributed by atoms with Crippen LogP contribution in [0.1, 0.15) is 45.1 Å². The Labute approximate surface area is 196 Å². The van der Waals surface area contributed by atoms with Gasteiger partial charge >= 0.3 is 0 Å². The molecular weight excluding hydrogens is 447 g/mol. The molecule has 2 aromatic carbocycles. The zero-order chi connectivity index (χ0) is 24.3. The van der Waals surface area contributed by atoms with E-state index in [0.29, 0.717) is 37.7 Å². The van der Waals surface area contributed by atoms with Crippen molar-refractivity contribution in [1.82, 2.24) is 5.32 Å². The summed E-state index contributed by atoms with van der Waals surface area (Å²) in [6.45, 7) is 5.55. The van der Waals surface area contributed by atoms with Crippen molar-refractivity contribution in [2.24, 2.45) is 5.14 Å². The highest BCUT2D eigenvalue weighted by Crippen LogP contribution is 2.28. The Morgan fingerprint density at radius 1 is 1.00 bits per heavy atom. The molecule has 33 heavy (non-hydrogen) atoms. The normalized spacial score (nSPS) is 12.4. The number of methoxy groups -OCH3 is 1. The van der Waals surface area contributed by atoms with Crippen LogP contribution in [0.5, 0.6) is 17.2 Å². The van der Waals surface area contributed by atoms with Gasteiger partial charge in [0.25, 0.3) is 0 Å². The number of nitrogens with two attached hydrogens (primary N) is 1. The second-order valence-corrected chi connectivity index (χ2v) is 9.47. The molecule has 184 valence electrons. The van der Waals surface area contributed by atoms with Crippen molar-refractivity contribution in [3.8, 4) is 17.2 Å². The van der Waals surface area contributed by atoms with Crippen LogP contribution in [0.2, 0.25) is 0 Å². The molecule has 0 fully saturated rings. The van der Waals surface area contributed by atoms with Crippen molar-refractivity contribution >= 4 is 10.0 Å². The van der Waals surface area contributed by atoms with Gasteiger partial charge in [-0.3, -0.25) is 0 Å². The standard InChI is InChI=1S/C24H35FN2O5S/c1-4-5-6-7-13-31-21-11-9-20(25)17-23(21)32-14-12-27-18(2)15-19-8-10-22(30-3)24(16-19)33(26,28)29/h8-11,16-18,27H,4-7,12-15H2,1-3H3,(H2,26,28,29). The van der Waals surface area contributed by atoms with Crippen LogP contribution in [0.3, 0.4) is 0 Å². The molecule has 0 aromatic heterocycles. The van der Waals surface area contributed by atoms with Gasteiger partial charge in [0.05, 0.1) is 13.7 Å². The fourth-order valence-corrected chi connectivity index (χ4v) is 4.13. The third-order valence-electron chi connectivity index (χ3n) is 5.09. The first-order valence-corrected chi connectivity index (χ1v) is 12.8. The number of unbranched alkanes of at least 4 members (excludes halogenated alkanes) is 3. The molecule has 0 amide bonds. The average Bonchev–Trinajstić information content (AvgIpc) is 2.77. The van der Waals surface area contributed by atoms with E-state index in [1.165, 1.54) is 31.7 Å². The van der Waals surface area contributed by atoms with Gasteiger partial charge in [-0.1, -0.05) is 32.3 Å². The van der Waals surface area contributed by atoms with E-state index >= 15 is 0 Å². The number of rotatable bonds is 15. The van der Waals surface area contributed by atoms with Gasteiger partial charge in [-0.15, -0.1) is 0 Å². The fraction of sp³-hybridized carbons (Fsp3) is 0.500. The molecule has 9 heteroatoms. The predicted octanol–water partition coefficient (Wildman–Crippen LogP) is 4.04. The lowest BCUT2D eigenvalue weighted by Crippen LogP contribution is -2.32.